The van der Waals surface area contributed by atoms with Gasteiger partial charge in [0.25, 0.3) is 11.8 Å². The number of aliphatic hydroxyl groups is 1. The lowest BCUT2D eigenvalue weighted by molar-refractivity contribution is -0.150. The number of halogens is 1. The van der Waals surface area contributed by atoms with Crippen LogP contribution in [-0.4, -0.2) is 53.1 Å². The van der Waals surface area contributed by atoms with Crippen molar-refractivity contribution in [2.24, 2.45) is 5.73 Å². The Labute approximate surface area is 173 Å². The third-order valence-electron chi connectivity index (χ3n) is 4.31. The first kappa shape index (κ1) is 22.3. The van der Waals surface area contributed by atoms with Crippen molar-refractivity contribution < 1.29 is 19.4 Å². The number of amidine groups is 1. The molecule has 0 saturated carbocycles. The molecule has 1 aliphatic heterocycles. The number of aromatic nitrogens is 1. The number of hydrogen-bond acceptors (Lipinski definition) is 6. The standard InChI is InChI=1S/C19H21N5O4.ClH/c1-11-2-7-14(22-10-11)24-8-9-28-16(19(24)27)15(25)18(26)23-13-5-3-12(4-6-13)17(20)21;/h2-7,10,15-16,25H,8-9H2,1H3,(H3,20,21)(H,23,26);1H/t15-,16-;/m1./s1. The van der Waals surface area contributed by atoms with Crippen LogP contribution in [-0.2, 0) is 14.3 Å². The largest absolute Gasteiger partial charge is 0.384 e. The van der Waals surface area contributed by atoms with Crippen LogP contribution in [0.1, 0.15) is 11.1 Å². The summed E-state index contributed by atoms with van der Waals surface area (Å²) in [5.41, 5.74) is 7.25. The number of carbonyl (C=O) groups is 2. The van der Waals surface area contributed by atoms with Gasteiger partial charge in [0.05, 0.1) is 13.2 Å². The number of nitrogens with one attached hydrogen (secondary N) is 2. The molecule has 1 aliphatic rings. The Hall–Kier alpha value is -3.01. The number of pyridine rings is 1. The number of benzene rings is 1. The lowest BCUT2D eigenvalue weighted by atomic mass is 10.1. The molecule has 10 heteroatoms. The van der Waals surface area contributed by atoms with Crippen molar-refractivity contribution in [1.29, 1.82) is 5.41 Å². The molecular weight excluding hydrogens is 398 g/mol. The van der Waals surface area contributed by atoms with Crippen LogP contribution in [0.3, 0.4) is 0 Å². The van der Waals surface area contributed by atoms with E-state index in [2.05, 4.69) is 10.3 Å². The molecule has 2 heterocycles. The van der Waals surface area contributed by atoms with Crippen molar-refractivity contribution in [2.75, 3.05) is 23.4 Å². The van der Waals surface area contributed by atoms with Crippen LogP contribution in [0, 0.1) is 12.3 Å². The van der Waals surface area contributed by atoms with E-state index in [4.69, 9.17) is 15.9 Å². The summed E-state index contributed by atoms with van der Waals surface area (Å²) in [5, 5.41) is 20.2. The molecule has 1 fully saturated rings. The molecule has 2 atom stereocenters. The molecule has 0 aliphatic carbocycles. The van der Waals surface area contributed by atoms with E-state index in [9.17, 15) is 14.7 Å². The van der Waals surface area contributed by atoms with Crippen LogP contribution in [0.4, 0.5) is 11.5 Å². The fourth-order valence-corrected chi connectivity index (χ4v) is 2.77. The van der Waals surface area contributed by atoms with Crippen molar-refractivity contribution in [3.8, 4) is 0 Å². The molecule has 1 aromatic carbocycles. The summed E-state index contributed by atoms with van der Waals surface area (Å²) < 4.78 is 5.36. The zero-order chi connectivity index (χ0) is 20.3. The Kier molecular flexibility index (Phi) is 7.27. The van der Waals surface area contributed by atoms with Crippen LogP contribution >= 0.6 is 12.4 Å². The molecule has 0 radical (unpaired) electrons. The molecule has 9 nitrogen and oxygen atoms in total. The van der Waals surface area contributed by atoms with Crippen LogP contribution in [0.25, 0.3) is 0 Å². The zero-order valence-corrected chi connectivity index (χ0v) is 16.5. The van der Waals surface area contributed by atoms with Gasteiger partial charge in [0.1, 0.15) is 11.7 Å². The number of morpholine rings is 1. The van der Waals surface area contributed by atoms with Gasteiger partial charge in [0, 0.05) is 17.4 Å². The molecule has 1 saturated heterocycles. The summed E-state index contributed by atoms with van der Waals surface area (Å²) in [6.07, 6.45) is -1.37. The number of nitrogen functional groups attached to an aromatic ring is 1. The number of hydrogen-bond donors (Lipinski definition) is 4. The Balaban J connectivity index is 0.00000300. The van der Waals surface area contributed by atoms with Gasteiger partial charge >= 0.3 is 0 Å². The molecule has 154 valence electrons. The first-order valence-electron chi connectivity index (χ1n) is 8.66. The lowest BCUT2D eigenvalue weighted by Crippen LogP contribution is -2.55. The number of ether oxygens (including phenoxy) is 1. The highest BCUT2D eigenvalue weighted by Crippen LogP contribution is 2.19. The average molecular weight is 420 g/mol. The van der Waals surface area contributed by atoms with Gasteiger partial charge in [-0.1, -0.05) is 6.07 Å². The fourth-order valence-electron chi connectivity index (χ4n) is 2.77. The van der Waals surface area contributed by atoms with Gasteiger partial charge in [-0.3, -0.25) is 19.9 Å². The Morgan fingerprint density at radius 1 is 1.34 bits per heavy atom. The molecule has 2 amide bonds. The topological polar surface area (TPSA) is 142 Å². The van der Waals surface area contributed by atoms with E-state index in [0.29, 0.717) is 17.1 Å². The average Bonchev–Trinajstić information content (AvgIpc) is 2.69. The first-order chi connectivity index (χ1) is 13.4. The predicted molar refractivity (Wildman–Crippen MR) is 110 cm³/mol. The van der Waals surface area contributed by atoms with Crippen molar-refractivity contribution in [1.82, 2.24) is 4.98 Å². The van der Waals surface area contributed by atoms with E-state index in [1.807, 2.05) is 13.0 Å². The lowest BCUT2D eigenvalue weighted by Gasteiger charge is -2.33. The molecule has 3 rings (SSSR count). The number of rotatable bonds is 5. The van der Waals surface area contributed by atoms with Crippen LogP contribution in [0.5, 0.6) is 0 Å². The number of nitrogens with two attached hydrogens (primary N) is 1. The molecule has 5 N–H and O–H groups in total. The molecule has 29 heavy (non-hydrogen) atoms. The van der Waals surface area contributed by atoms with Crippen molar-refractivity contribution in [3.05, 3.63) is 53.7 Å². The quantitative estimate of drug-likeness (QED) is 0.417. The second-order valence-corrected chi connectivity index (χ2v) is 6.40. The summed E-state index contributed by atoms with van der Waals surface area (Å²) >= 11 is 0. The fraction of sp³-hybridized carbons (Fsp3) is 0.263. The normalized spacial score (nSPS) is 17.2. The Morgan fingerprint density at radius 3 is 2.62 bits per heavy atom. The van der Waals surface area contributed by atoms with Gasteiger partial charge in [-0.25, -0.2) is 4.98 Å². The van der Waals surface area contributed by atoms with E-state index in [0.717, 1.165) is 5.56 Å². The van der Waals surface area contributed by atoms with Crippen LogP contribution in [0.15, 0.2) is 42.6 Å². The minimum atomic E-state index is -1.69. The maximum Gasteiger partial charge on any atom is 0.260 e. The number of aryl methyl sites for hydroxylation is 1. The van der Waals surface area contributed by atoms with E-state index in [1.165, 1.54) is 4.90 Å². The van der Waals surface area contributed by atoms with Gasteiger partial charge in [0.2, 0.25) is 0 Å². The summed E-state index contributed by atoms with van der Waals surface area (Å²) in [4.78, 5) is 30.7. The Morgan fingerprint density at radius 2 is 2.03 bits per heavy atom. The number of carbonyl (C=O) groups excluding carboxylic acids is 2. The van der Waals surface area contributed by atoms with Crippen molar-refractivity contribution in [2.45, 2.75) is 19.1 Å². The summed E-state index contributed by atoms with van der Waals surface area (Å²) in [5.74, 6) is -0.954. The second kappa shape index (κ2) is 9.46. The SMILES string of the molecule is Cc1ccc(N2CCO[C@H]([C@@H](O)C(=O)Nc3ccc(C(=N)N)cc3)C2=O)nc1.Cl. The first-order valence-corrected chi connectivity index (χ1v) is 8.66. The zero-order valence-electron chi connectivity index (χ0n) is 15.7. The third-order valence-corrected chi connectivity index (χ3v) is 4.31. The number of anilines is 2. The molecule has 1 aromatic heterocycles. The van der Waals surface area contributed by atoms with Gasteiger partial charge < -0.3 is 20.9 Å². The number of aliphatic hydroxyl groups excluding tert-OH is 1. The smallest absolute Gasteiger partial charge is 0.260 e. The second-order valence-electron chi connectivity index (χ2n) is 6.40. The maximum absolute atomic E-state index is 12.7. The molecule has 0 unspecified atom stereocenters. The summed E-state index contributed by atoms with van der Waals surface area (Å²) in [6, 6.07) is 9.77. The van der Waals surface area contributed by atoms with Gasteiger partial charge in [0.15, 0.2) is 12.2 Å². The van der Waals surface area contributed by atoms with Crippen molar-refractivity contribution in [3.63, 3.8) is 0 Å². The highest BCUT2D eigenvalue weighted by molar-refractivity contribution is 6.03. The molecule has 0 spiro atoms. The maximum atomic E-state index is 12.7. The number of amides is 2. The monoisotopic (exact) mass is 419 g/mol. The molecule has 2 aromatic rings. The van der Waals surface area contributed by atoms with Crippen LogP contribution < -0.4 is 16.0 Å². The van der Waals surface area contributed by atoms with Crippen LogP contribution in [0.2, 0.25) is 0 Å². The van der Waals surface area contributed by atoms with Crippen molar-refractivity contribution >= 4 is 41.6 Å². The Bertz CT molecular complexity index is 888. The predicted octanol–water partition coefficient (Wildman–Crippen LogP) is 0.827. The minimum Gasteiger partial charge on any atom is -0.384 e. The van der Waals surface area contributed by atoms with Gasteiger partial charge in [-0.2, -0.15) is 0 Å². The minimum absolute atomic E-state index is 0. The summed E-state index contributed by atoms with van der Waals surface area (Å²) in [7, 11) is 0. The molecular formula is C19H22ClN5O4. The third kappa shape index (κ3) is 5.08. The van der Waals surface area contributed by atoms with E-state index >= 15 is 0 Å². The summed E-state index contributed by atoms with van der Waals surface area (Å²) in [6.45, 7) is 2.34. The number of nitrogens with zero attached hydrogens (tertiary/aromatic N) is 2. The molecule has 0 bridgehead atoms. The van der Waals surface area contributed by atoms with Gasteiger partial charge in [-0.05, 0) is 42.8 Å². The van der Waals surface area contributed by atoms with E-state index in [1.54, 1.807) is 36.5 Å². The van der Waals surface area contributed by atoms with E-state index < -0.39 is 24.0 Å². The highest BCUT2D eigenvalue weighted by Gasteiger charge is 2.39. The van der Waals surface area contributed by atoms with Gasteiger partial charge in [-0.15, -0.1) is 12.4 Å². The highest BCUT2D eigenvalue weighted by atomic mass is 35.5. The van der Waals surface area contributed by atoms with E-state index in [-0.39, 0.29) is 31.4 Å².